The highest BCUT2D eigenvalue weighted by Gasteiger charge is 2.33. The topological polar surface area (TPSA) is 58.6 Å². The largest absolute Gasteiger partial charge is 0.484 e. The first kappa shape index (κ1) is 28.8. The van der Waals surface area contributed by atoms with Gasteiger partial charge in [-0.05, 0) is 74.7 Å². The highest BCUT2D eigenvalue weighted by atomic mass is 35.5. The number of benzene rings is 3. The average Bonchev–Trinajstić information content (AvgIpc) is 2.82. The monoisotopic (exact) mass is 560 g/mol. The number of hydrogen-bond donors (Lipinski definition) is 1. The van der Waals surface area contributed by atoms with E-state index in [4.69, 9.17) is 39.5 Å². The molecule has 196 valence electrons. The number of nitrogens with zero attached hydrogens (tertiary/aromatic N) is 1. The van der Waals surface area contributed by atoms with Gasteiger partial charge in [-0.15, -0.1) is 0 Å². The molecule has 0 spiro atoms. The second-order valence-corrected chi connectivity index (χ2v) is 11.2. The summed E-state index contributed by atoms with van der Waals surface area (Å²) in [5.41, 5.74) is 1.94. The van der Waals surface area contributed by atoms with Gasteiger partial charge in [0.2, 0.25) is 5.91 Å². The first-order valence-electron chi connectivity index (χ1n) is 11.9. The number of nitrogens with one attached hydrogen (secondary N) is 1. The molecule has 1 atom stereocenters. The maximum atomic E-state index is 13.7. The Morgan fingerprint density at radius 1 is 0.946 bits per heavy atom. The number of rotatable bonds is 9. The summed E-state index contributed by atoms with van der Waals surface area (Å²) in [5.74, 6) is -0.112. The minimum Gasteiger partial charge on any atom is -0.484 e. The Morgan fingerprint density at radius 2 is 1.65 bits per heavy atom. The van der Waals surface area contributed by atoms with E-state index >= 15 is 0 Å². The summed E-state index contributed by atoms with van der Waals surface area (Å²) < 4.78 is 5.82. The molecular formula is C29H31Cl3N2O3. The minimum absolute atomic E-state index is 0.104. The van der Waals surface area contributed by atoms with Gasteiger partial charge in [0.05, 0.1) is 0 Å². The van der Waals surface area contributed by atoms with Gasteiger partial charge in [-0.1, -0.05) is 71.2 Å². The van der Waals surface area contributed by atoms with Gasteiger partial charge in [0.25, 0.3) is 5.91 Å². The molecule has 0 aliphatic heterocycles. The first-order chi connectivity index (χ1) is 17.4. The molecule has 0 saturated heterocycles. The van der Waals surface area contributed by atoms with E-state index in [9.17, 15) is 9.59 Å². The van der Waals surface area contributed by atoms with Crippen LogP contribution < -0.4 is 10.1 Å². The molecule has 0 bridgehead atoms. The molecule has 5 nitrogen and oxygen atoms in total. The number of amides is 2. The maximum absolute atomic E-state index is 13.7. The zero-order chi connectivity index (χ0) is 27.2. The van der Waals surface area contributed by atoms with E-state index in [2.05, 4.69) is 5.32 Å². The highest BCUT2D eigenvalue weighted by molar-refractivity contribution is 6.35. The zero-order valence-electron chi connectivity index (χ0n) is 21.4. The van der Waals surface area contributed by atoms with Crippen molar-refractivity contribution >= 4 is 46.6 Å². The molecule has 3 aromatic carbocycles. The molecule has 0 aliphatic rings. The van der Waals surface area contributed by atoms with Crippen LogP contribution >= 0.6 is 34.8 Å². The lowest BCUT2D eigenvalue weighted by Gasteiger charge is -2.34. The number of aryl methyl sites for hydroxylation is 1. The Hall–Kier alpha value is -2.73. The second-order valence-electron chi connectivity index (χ2n) is 9.90. The SMILES string of the molecule is Cc1cc(OCC(=O)N(Cc2ccc(Cl)cc2Cl)[C@H](Cc2ccccc2)C(=O)NC(C)(C)C)ccc1Cl. The van der Waals surface area contributed by atoms with Crippen LogP contribution in [0.4, 0.5) is 0 Å². The van der Waals surface area contributed by atoms with Crippen LogP contribution in [0.25, 0.3) is 0 Å². The lowest BCUT2D eigenvalue weighted by Crippen LogP contribution is -2.55. The Morgan fingerprint density at radius 3 is 2.27 bits per heavy atom. The summed E-state index contributed by atoms with van der Waals surface area (Å²) in [6, 6.07) is 19.1. The van der Waals surface area contributed by atoms with Gasteiger partial charge >= 0.3 is 0 Å². The van der Waals surface area contributed by atoms with Crippen molar-refractivity contribution in [1.82, 2.24) is 10.2 Å². The van der Waals surface area contributed by atoms with Crippen LogP contribution in [0.15, 0.2) is 66.7 Å². The van der Waals surface area contributed by atoms with Crippen LogP contribution in [0, 0.1) is 6.92 Å². The van der Waals surface area contributed by atoms with Gasteiger partial charge in [0, 0.05) is 33.6 Å². The number of ether oxygens (including phenoxy) is 1. The molecule has 0 heterocycles. The van der Waals surface area contributed by atoms with Crippen molar-refractivity contribution in [1.29, 1.82) is 0 Å². The Balaban J connectivity index is 1.96. The molecule has 3 aromatic rings. The highest BCUT2D eigenvalue weighted by Crippen LogP contribution is 2.25. The third-order valence-corrected chi connectivity index (χ3v) is 6.63. The summed E-state index contributed by atoms with van der Waals surface area (Å²) >= 11 is 18.7. The van der Waals surface area contributed by atoms with E-state index in [0.29, 0.717) is 32.8 Å². The predicted molar refractivity (Wildman–Crippen MR) is 151 cm³/mol. The first-order valence-corrected chi connectivity index (χ1v) is 13.0. The molecule has 0 fully saturated rings. The van der Waals surface area contributed by atoms with Crippen LogP contribution in [-0.2, 0) is 22.6 Å². The minimum atomic E-state index is -0.809. The summed E-state index contributed by atoms with van der Waals surface area (Å²) in [6.07, 6.45) is 0.319. The van der Waals surface area contributed by atoms with Crippen molar-refractivity contribution in [3.05, 3.63) is 98.5 Å². The van der Waals surface area contributed by atoms with Crippen molar-refractivity contribution < 1.29 is 14.3 Å². The Labute approximate surface area is 233 Å². The Bertz CT molecular complexity index is 1240. The normalized spacial score (nSPS) is 12.1. The van der Waals surface area contributed by atoms with Gasteiger partial charge in [-0.2, -0.15) is 0 Å². The molecule has 0 unspecified atom stereocenters. The molecule has 8 heteroatoms. The number of carbonyl (C=O) groups is 2. The van der Waals surface area contributed by atoms with Crippen molar-refractivity contribution in [2.45, 2.75) is 52.2 Å². The third-order valence-electron chi connectivity index (χ3n) is 5.62. The molecule has 2 amide bonds. The Kier molecular flexibility index (Phi) is 9.88. The van der Waals surface area contributed by atoms with Gasteiger partial charge in [0.1, 0.15) is 11.8 Å². The van der Waals surface area contributed by atoms with Crippen LogP contribution in [-0.4, -0.2) is 34.9 Å². The molecule has 0 radical (unpaired) electrons. The molecule has 0 saturated carbocycles. The van der Waals surface area contributed by atoms with Crippen molar-refractivity contribution in [3.63, 3.8) is 0 Å². The fourth-order valence-electron chi connectivity index (χ4n) is 3.78. The molecule has 1 N–H and O–H groups in total. The lowest BCUT2D eigenvalue weighted by atomic mass is 10.0. The van der Waals surface area contributed by atoms with Gasteiger partial charge in [-0.25, -0.2) is 0 Å². The van der Waals surface area contributed by atoms with Crippen LogP contribution in [0.1, 0.15) is 37.5 Å². The summed E-state index contributed by atoms with van der Waals surface area (Å²) in [6.45, 7) is 7.40. The standard InChI is InChI=1S/C29H31Cl3N2O3/c1-19-14-23(12-13-24(19)31)37-18-27(35)34(17-21-10-11-22(30)16-25(21)32)26(28(36)33-29(2,3)4)15-20-8-6-5-7-9-20/h5-14,16,26H,15,17-18H2,1-4H3,(H,33,36)/t26-/m1/s1. The van der Waals surface area contributed by atoms with E-state index in [-0.39, 0.29) is 25.0 Å². The van der Waals surface area contributed by atoms with Gasteiger partial charge in [0.15, 0.2) is 6.61 Å². The fourth-order valence-corrected chi connectivity index (χ4v) is 4.36. The summed E-state index contributed by atoms with van der Waals surface area (Å²) in [4.78, 5) is 28.8. The third kappa shape index (κ3) is 8.67. The molecule has 37 heavy (non-hydrogen) atoms. The zero-order valence-corrected chi connectivity index (χ0v) is 23.6. The van der Waals surface area contributed by atoms with Gasteiger partial charge < -0.3 is 15.0 Å². The van der Waals surface area contributed by atoms with Crippen molar-refractivity contribution in [3.8, 4) is 5.75 Å². The second kappa shape index (κ2) is 12.7. The maximum Gasteiger partial charge on any atom is 0.261 e. The summed E-state index contributed by atoms with van der Waals surface area (Å²) in [7, 11) is 0. The number of carbonyl (C=O) groups excluding carboxylic acids is 2. The van der Waals surface area contributed by atoms with E-state index in [1.54, 1.807) is 36.4 Å². The van der Waals surface area contributed by atoms with Crippen LogP contribution in [0.2, 0.25) is 15.1 Å². The van der Waals surface area contributed by atoms with Crippen LogP contribution in [0.3, 0.4) is 0 Å². The molecular weight excluding hydrogens is 531 g/mol. The molecule has 3 rings (SSSR count). The van der Waals surface area contributed by atoms with E-state index in [1.165, 1.54) is 4.90 Å². The quantitative estimate of drug-likeness (QED) is 0.309. The smallest absolute Gasteiger partial charge is 0.261 e. The summed E-state index contributed by atoms with van der Waals surface area (Å²) in [5, 5.41) is 4.54. The predicted octanol–water partition coefficient (Wildman–Crippen LogP) is 6.89. The van der Waals surface area contributed by atoms with Gasteiger partial charge in [-0.3, -0.25) is 9.59 Å². The lowest BCUT2D eigenvalue weighted by molar-refractivity contribution is -0.143. The fraction of sp³-hybridized carbons (Fsp3) is 0.310. The molecule has 0 aromatic heterocycles. The van der Waals surface area contributed by atoms with E-state index in [1.807, 2.05) is 58.0 Å². The molecule has 0 aliphatic carbocycles. The van der Waals surface area contributed by atoms with E-state index in [0.717, 1.165) is 11.1 Å². The van der Waals surface area contributed by atoms with Crippen molar-refractivity contribution in [2.75, 3.05) is 6.61 Å². The van der Waals surface area contributed by atoms with Crippen molar-refractivity contribution in [2.24, 2.45) is 0 Å². The number of hydrogen-bond acceptors (Lipinski definition) is 3. The van der Waals surface area contributed by atoms with E-state index < -0.39 is 11.6 Å². The van der Waals surface area contributed by atoms with Crippen LogP contribution in [0.5, 0.6) is 5.75 Å². The average molecular weight is 562 g/mol. The number of halogens is 3.